The zero-order valence-corrected chi connectivity index (χ0v) is 11.3. The highest BCUT2D eigenvalue weighted by Gasteiger charge is 2.37. The van der Waals surface area contributed by atoms with Gasteiger partial charge in [-0.3, -0.25) is 4.79 Å². The lowest BCUT2D eigenvalue weighted by Gasteiger charge is -2.21. The van der Waals surface area contributed by atoms with Crippen LogP contribution in [0.3, 0.4) is 0 Å². The zero-order valence-electron chi connectivity index (χ0n) is 8.85. The van der Waals surface area contributed by atoms with E-state index in [0.717, 1.165) is 20.5 Å². The highest BCUT2D eigenvalue weighted by Crippen LogP contribution is 2.39. The van der Waals surface area contributed by atoms with Gasteiger partial charge in [-0.25, -0.2) is 0 Å². The molecule has 1 heterocycles. The SMILES string of the molecule is CSc1cc(Br)cc2c1C(C)(C)NC2=O. The molecule has 0 bridgehead atoms. The molecule has 1 aromatic rings. The maximum Gasteiger partial charge on any atom is 0.252 e. The van der Waals surface area contributed by atoms with Crippen LogP contribution < -0.4 is 5.32 Å². The minimum absolute atomic E-state index is 0.0200. The van der Waals surface area contributed by atoms with Crippen LogP contribution in [0.15, 0.2) is 21.5 Å². The Bertz CT molecular complexity index is 442. The Balaban J connectivity index is 2.73. The number of fused-ring (bicyclic) bond motifs is 1. The molecular weight excluding hydrogens is 274 g/mol. The lowest BCUT2D eigenvalue weighted by molar-refractivity contribution is 0.0940. The number of rotatable bonds is 1. The van der Waals surface area contributed by atoms with Crippen molar-refractivity contribution in [3.63, 3.8) is 0 Å². The summed E-state index contributed by atoms with van der Waals surface area (Å²) in [5, 5.41) is 2.99. The van der Waals surface area contributed by atoms with E-state index in [-0.39, 0.29) is 11.4 Å². The first kappa shape index (κ1) is 11.0. The van der Waals surface area contributed by atoms with Gasteiger partial charge in [0.2, 0.25) is 0 Å². The summed E-state index contributed by atoms with van der Waals surface area (Å²) < 4.78 is 0.957. The van der Waals surface area contributed by atoms with Gasteiger partial charge in [-0.2, -0.15) is 0 Å². The Kier molecular flexibility index (Phi) is 2.59. The van der Waals surface area contributed by atoms with E-state index < -0.39 is 0 Å². The molecule has 1 amide bonds. The normalized spacial score (nSPS) is 17.5. The van der Waals surface area contributed by atoms with Gasteiger partial charge in [0.25, 0.3) is 5.91 Å². The van der Waals surface area contributed by atoms with Crippen LogP contribution in [0, 0.1) is 0 Å². The first-order valence-corrected chi connectivity index (χ1v) is 6.68. The van der Waals surface area contributed by atoms with Crippen molar-refractivity contribution in [2.75, 3.05) is 6.26 Å². The topological polar surface area (TPSA) is 29.1 Å². The number of thioether (sulfide) groups is 1. The van der Waals surface area contributed by atoms with Gasteiger partial charge in [0.05, 0.1) is 5.54 Å². The summed E-state index contributed by atoms with van der Waals surface area (Å²) in [6.45, 7) is 4.06. The van der Waals surface area contributed by atoms with Crippen molar-refractivity contribution < 1.29 is 4.79 Å². The average Bonchev–Trinajstić information content (AvgIpc) is 2.36. The standard InChI is InChI=1S/C11H12BrNOS/c1-11(2)9-7(10(14)13-11)4-6(12)5-8(9)15-3/h4-5H,1-3H3,(H,13,14). The molecule has 1 aliphatic rings. The van der Waals surface area contributed by atoms with E-state index in [1.165, 1.54) is 0 Å². The third-order valence-corrected chi connectivity index (χ3v) is 3.80. The fourth-order valence-electron chi connectivity index (χ4n) is 1.98. The monoisotopic (exact) mass is 285 g/mol. The zero-order chi connectivity index (χ0) is 11.2. The molecular formula is C11H12BrNOS. The lowest BCUT2D eigenvalue weighted by Crippen LogP contribution is -2.32. The minimum atomic E-state index is -0.258. The van der Waals surface area contributed by atoms with Crippen molar-refractivity contribution in [2.24, 2.45) is 0 Å². The Morgan fingerprint density at radius 2 is 2.07 bits per heavy atom. The average molecular weight is 286 g/mol. The smallest absolute Gasteiger partial charge is 0.252 e. The van der Waals surface area contributed by atoms with Crippen LogP contribution in [0.2, 0.25) is 0 Å². The molecule has 0 aliphatic carbocycles. The number of carbonyl (C=O) groups excluding carboxylic acids is 1. The molecule has 4 heteroatoms. The summed E-state index contributed by atoms with van der Waals surface area (Å²) in [4.78, 5) is 12.9. The first-order valence-electron chi connectivity index (χ1n) is 4.66. The molecule has 1 N–H and O–H groups in total. The summed E-state index contributed by atoms with van der Waals surface area (Å²) in [5.74, 6) is 0.0200. The van der Waals surface area contributed by atoms with Gasteiger partial charge >= 0.3 is 0 Å². The van der Waals surface area contributed by atoms with Crippen molar-refractivity contribution in [2.45, 2.75) is 24.3 Å². The van der Waals surface area contributed by atoms with Crippen LogP contribution in [0.4, 0.5) is 0 Å². The number of hydrogen-bond acceptors (Lipinski definition) is 2. The predicted molar refractivity (Wildman–Crippen MR) is 66.4 cm³/mol. The molecule has 0 radical (unpaired) electrons. The van der Waals surface area contributed by atoms with E-state index >= 15 is 0 Å². The van der Waals surface area contributed by atoms with Crippen LogP contribution in [-0.4, -0.2) is 12.2 Å². The molecule has 0 fully saturated rings. The van der Waals surface area contributed by atoms with Crippen molar-refractivity contribution >= 4 is 33.6 Å². The van der Waals surface area contributed by atoms with Crippen LogP contribution >= 0.6 is 27.7 Å². The maximum atomic E-state index is 11.8. The van der Waals surface area contributed by atoms with Gasteiger partial charge in [-0.05, 0) is 32.2 Å². The second-order valence-corrected chi connectivity index (χ2v) is 5.87. The molecule has 0 saturated heterocycles. The molecule has 1 aromatic carbocycles. The number of halogens is 1. The maximum absolute atomic E-state index is 11.8. The van der Waals surface area contributed by atoms with Gasteiger partial charge in [0.1, 0.15) is 0 Å². The Labute approximate surface area is 102 Å². The van der Waals surface area contributed by atoms with Crippen molar-refractivity contribution in [1.29, 1.82) is 0 Å². The predicted octanol–water partition coefficient (Wildman–Crippen LogP) is 3.15. The summed E-state index contributed by atoms with van der Waals surface area (Å²) >= 11 is 5.10. The largest absolute Gasteiger partial charge is 0.343 e. The summed E-state index contributed by atoms with van der Waals surface area (Å²) in [6, 6.07) is 3.95. The quantitative estimate of drug-likeness (QED) is 0.803. The van der Waals surface area contributed by atoms with E-state index in [1.807, 2.05) is 26.2 Å². The second kappa shape index (κ2) is 3.52. The van der Waals surface area contributed by atoms with Crippen LogP contribution in [-0.2, 0) is 5.54 Å². The Morgan fingerprint density at radius 3 is 2.67 bits per heavy atom. The van der Waals surface area contributed by atoms with Crippen molar-refractivity contribution in [3.05, 3.63) is 27.7 Å². The highest BCUT2D eigenvalue weighted by atomic mass is 79.9. The van der Waals surface area contributed by atoms with Gasteiger partial charge in [0, 0.05) is 20.5 Å². The van der Waals surface area contributed by atoms with E-state index in [9.17, 15) is 4.79 Å². The molecule has 15 heavy (non-hydrogen) atoms. The summed E-state index contributed by atoms with van der Waals surface area (Å²) in [7, 11) is 0. The summed E-state index contributed by atoms with van der Waals surface area (Å²) in [5.41, 5.74) is 1.65. The minimum Gasteiger partial charge on any atom is -0.343 e. The Hall–Kier alpha value is -0.480. The number of nitrogens with one attached hydrogen (secondary N) is 1. The molecule has 0 atom stereocenters. The lowest BCUT2D eigenvalue weighted by atomic mass is 9.95. The molecule has 0 aromatic heterocycles. The molecule has 2 rings (SSSR count). The molecule has 0 unspecified atom stereocenters. The highest BCUT2D eigenvalue weighted by molar-refractivity contribution is 9.10. The Morgan fingerprint density at radius 1 is 1.40 bits per heavy atom. The van der Waals surface area contributed by atoms with E-state index in [0.29, 0.717) is 0 Å². The van der Waals surface area contributed by atoms with Gasteiger partial charge < -0.3 is 5.32 Å². The molecule has 80 valence electrons. The van der Waals surface area contributed by atoms with E-state index in [1.54, 1.807) is 11.8 Å². The number of benzene rings is 1. The van der Waals surface area contributed by atoms with Gasteiger partial charge in [-0.15, -0.1) is 11.8 Å². The fraction of sp³-hybridized carbons (Fsp3) is 0.364. The van der Waals surface area contributed by atoms with Gasteiger partial charge in [-0.1, -0.05) is 15.9 Å². The molecule has 0 spiro atoms. The first-order chi connectivity index (χ1) is 6.95. The van der Waals surface area contributed by atoms with Crippen LogP contribution in [0.1, 0.15) is 29.8 Å². The van der Waals surface area contributed by atoms with E-state index in [4.69, 9.17) is 0 Å². The van der Waals surface area contributed by atoms with Crippen LogP contribution in [0.5, 0.6) is 0 Å². The second-order valence-electron chi connectivity index (χ2n) is 4.11. The number of amides is 1. The fourth-order valence-corrected chi connectivity index (χ4v) is 3.40. The summed E-state index contributed by atoms with van der Waals surface area (Å²) in [6.07, 6.45) is 2.03. The number of carbonyl (C=O) groups is 1. The number of hydrogen-bond donors (Lipinski definition) is 1. The third kappa shape index (κ3) is 1.70. The van der Waals surface area contributed by atoms with E-state index in [2.05, 4.69) is 27.3 Å². The van der Waals surface area contributed by atoms with Crippen molar-refractivity contribution in [1.82, 2.24) is 5.32 Å². The van der Waals surface area contributed by atoms with Gasteiger partial charge in [0.15, 0.2) is 0 Å². The van der Waals surface area contributed by atoms with Crippen LogP contribution in [0.25, 0.3) is 0 Å². The molecule has 0 saturated carbocycles. The van der Waals surface area contributed by atoms with Crippen molar-refractivity contribution in [3.8, 4) is 0 Å². The molecule has 1 aliphatic heterocycles. The molecule has 2 nitrogen and oxygen atoms in total. The third-order valence-electron chi connectivity index (χ3n) is 2.58.